The molecule has 1 heterocycles. The molecule has 0 spiro atoms. The molecule has 64 heavy (non-hydrogen) atoms. The molecule has 0 aliphatic heterocycles. The van der Waals surface area contributed by atoms with Gasteiger partial charge in [0.25, 0.3) is 31.9 Å². The van der Waals surface area contributed by atoms with E-state index < -0.39 is 31.8 Å². The molecule has 0 fully saturated rings. The normalized spacial score (nSPS) is 11.9. The lowest BCUT2D eigenvalue weighted by molar-refractivity contribution is 0.0912. The molecule has 17 heteroatoms. The maximum atomic E-state index is 14.5. The number of benzene rings is 6. The second kappa shape index (κ2) is 20.9. The minimum absolute atomic E-state index is 0.0539. The number of sulfonamides is 2. The molecule has 0 aliphatic rings. The van der Waals surface area contributed by atoms with Gasteiger partial charge in [-0.2, -0.15) is 0 Å². The summed E-state index contributed by atoms with van der Waals surface area (Å²) in [6.45, 7) is 5.27. The number of halogens is 1. The van der Waals surface area contributed by atoms with E-state index in [9.17, 15) is 35.9 Å². The molecule has 6 aromatic carbocycles. The van der Waals surface area contributed by atoms with Gasteiger partial charge in [0.1, 0.15) is 16.2 Å². The number of carbonyl (C=O) groups excluding carboxylic acids is 2. The Labute approximate surface area is 371 Å². The van der Waals surface area contributed by atoms with Crippen molar-refractivity contribution in [2.45, 2.75) is 62.2 Å². The van der Waals surface area contributed by atoms with Crippen LogP contribution in [0.3, 0.4) is 0 Å². The van der Waals surface area contributed by atoms with E-state index in [0.717, 1.165) is 15.9 Å². The van der Waals surface area contributed by atoms with Gasteiger partial charge in [-0.1, -0.05) is 97.9 Å². The lowest BCUT2D eigenvalue weighted by Crippen LogP contribution is -2.37. The molecule has 2 amide bonds. The third-order valence-electron chi connectivity index (χ3n) is 9.83. The average Bonchev–Trinajstić information content (AvgIpc) is 3.80. The lowest BCUT2D eigenvalue weighted by Gasteiger charge is -2.25. The molecule has 14 nitrogen and oxygen atoms in total. The van der Waals surface area contributed by atoms with Gasteiger partial charge in [0.2, 0.25) is 0 Å². The summed E-state index contributed by atoms with van der Waals surface area (Å²) in [5.41, 5.74) is 2.47. The lowest BCUT2D eigenvalue weighted by atomic mass is 10.1. The first-order valence-electron chi connectivity index (χ1n) is 20.2. The zero-order chi connectivity index (χ0) is 45.9. The Bertz CT molecular complexity index is 2900. The first-order chi connectivity index (χ1) is 30.7. The van der Waals surface area contributed by atoms with Crippen LogP contribution >= 0.6 is 0 Å². The van der Waals surface area contributed by atoms with Crippen LogP contribution < -0.4 is 19.2 Å². The molecule has 0 radical (unpaired) electrons. The fourth-order valence-corrected chi connectivity index (χ4v) is 9.54. The van der Waals surface area contributed by atoms with Crippen LogP contribution in [0.4, 0.5) is 15.8 Å². The predicted octanol–water partition coefficient (Wildman–Crippen LogP) is 7.48. The Hall–Kier alpha value is -6.95. The Kier molecular flexibility index (Phi) is 15.2. The number of hydrogen-bond donors (Lipinski definition) is 3. The maximum Gasteiger partial charge on any atom is 0.266 e. The number of aliphatic hydroxyl groups excluding tert-OH is 1. The van der Waals surface area contributed by atoms with Gasteiger partial charge in [-0.25, -0.2) is 25.9 Å². The molecular formula is C47H47FN6O8S2. The van der Waals surface area contributed by atoms with E-state index in [1.807, 2.05) is 43.3 Å². The van der Waals surface area contributed by atoms with Crippen LogP contribution in [0, 0.1) is 5.82 Å². The summed E-state index contributed by atoms with van der Waals surface area (Å²) >= 11 is 0. The van der Waals surface area contributed by atoms with Gasteiger partial charge in [0, 0.05) is 11.6 Å². The van der Waals surface area contributed by atoms with Crippen molar-refractivity contribution in [3.63, 3.8) is 0 Å². The SMILES string of the molecule is CC(C)NC(=O)c1cc(N(Cc2ccccc2)S(=O)(=O)c2cccc3nonc23)ccc1F.CC[C@H](CO)NC(=O)c1cccc(N(Cc2ccccc2)S(=O)(=O)c2ccccc2)c1. The highest BCUT2D eigenvalue weighted by Crippen LogP contribution is 2.31. The standard InChI is InChI=1S/C24H26N2O4S.C23H21FN4O4S/c1-2-21(18-27)25-24(28)20-12-9-13-22(16-20)26(17-19-10-5-3-6-11-19)31(29,30)23-14-7-4-8-15-23;1-15(2)25-23(29)18-13-17(11-12-19(18)24)28(14-16-7-4-3-5-8-16)33(30,31)21-10-6-9-20-22(21)27-32-26-20/h3-16,21,27H,2,17-18H2,1H3,(H,25,28);3-13,15H,14H2,1-2H3,(H,25,29)/t21-;/m1./s1. The van der Waals surface area contributed by atoms with E-state index in [1.54, 1.807) is 98.8 Å². The first-order valence-corrected chi connectivity index (χ1v) is 23.1. The summed E-state index contributed by atoms with van der Waals surface area (Å²) < 4.78 is 76.2. The number of aliphatic hydroxyl groups is 1. The molecule has 1 aromatic heterocycles. The second-order valence-corrected chi connectivity index (χ2v) is 18.5. The van der Waals surface area contributed by atoms with Gasteiger partial charge in [-0.15, -0.1) is 0 Å². The van der Waals surface area contributed by atoms with Crippen LogP contribution in [-0.4, -0.2) is 62.8 Å². The van der Waals surface area contributed by atoms with Crippen LogP contribution in [0.2, 0.25) is 0 Å². The minimum Gasteiger partial charge on any atom is -0.394 e. The van der Waals surface area contributed by atoms with Gasteiger partial charge >= 0.3 is 0 Å². The molecule has 0 saturated heterocycles. The van der Waals surface area contributed by atoms with E-state index in [1.165, 1.54) is 28.6 Å². The number of amides is 2. The summed E-state index contributed by atoms with van der Waals surface area (Å²) in [5, 5.41) is 22.2. The van der Waals surface area contributed by atoms with E-state index in [0.29, 0.717) is 23.2 Å². The number of anilines is 2. The summed E-state index contributed by atoms with van der Waals surface area (Å²) in [4.78, 5) is 25.2. The molecule has 0 bridgehead atoms. The van der Waals surface area contributed by atoms with E-state index in [2.05, 4.69) is 20.9 Å². The second-order valence-electron chi connectivity index (χ2n) is 14.8. The largest absolute Gasteiger partial charge is 0.394 e. The number of rotatable bonds is 16. The topological polar surface area (TPSA) is 192 Å². The fourth-order valence-electron chi connectivity index (χ4n) is 6.49. The van der Waals surface area contributed by atoms with E-state index in [4.69, 9.17) is 4.63 Å². The summed E-state index contributed by atoms with van der Waals surface area (Å²) in [7, 11) is -8.08. The van der Waals surface area contributed by atoms with E-state index >= 15 is 0 Å². The van der Waals surface area contributed by atoms with Crippen molar-refractivity contribution in [3.05, 3.63) is 180 Å². The molecule has 0 aliphatic carbocycles. The minimum atomic E-state index is -4.21. The number of fused-ring (bicyclic) bond motifs is 1. The smallest absolute Gasteiger partial charge is 0.266 e. The molecule has 7 aromatic rings. The van der Waals surface area contributed by atoms with Gasteiger partial charge in [0.15, 0.2) is 5.52 Å². The third kappa shape index (κ3) is 11.2. The Balaban J connectivity index is 0.000000213. The van der Waals surface area contributed by atoms with Crippen LogP contribution in [-0.2, 0) is 33.1 Å². The quantitative estimate of drug-likeness (QED) is 0.0876. The van der Waals surface area contributed by atoms with Crippen LogP contribution in [0.15, 0.2) is 166 Å². The maximum absolute atomic E-state index is 14.5. The summed E-state index contributed by atoms with van der Waals surface area (Å²) in [5.74, 6) is -1.75. The van der Waals surface area contributed by atoms with Crippen molar-refractivity contribution in [1.29, 1.82) is 0 Å². The van der Waals surface area contributed by atoms with Gasteiger partial charge < -0.3 is 15.7 Å². The Morgan fingerprint density at radius 3 is 1.84 bits per heavy atom. The highest BCUT2D eigenvalue weighted by molar-refractivity contribution is 7.93. The first kappa shape index (κ1) is 46.6. The van der Waals surface area contributed by atoms with Crippen molar-refractivity contribution >= 4 is 54.3 Å². The zero-order valence-electron chi connectivity index (χ0n) is 35.2. The van der Waals surface area contributed by atoms with Crippen molar-refractivity contribution in [1.82, 2.24) is 20.9 Å². The summed E-state index contributed by atoms with van der Waals surface area (Å²) in [6.07, 6.45) is 0.588. The van der Waals surface area contributed by atoms with E-state index in [-0.39, 0.29) is 69.8 Å². The number of hydrogen-bond acceptors (Lipinski definition) is 10. The van der Waals surface area contributed by atoms with Crippen molar-refractivity contribution in [2.75, 3.05) is 15.2 Å². The number of nitrogens with zero attached hydrogens (tertiary/aromatic N) is 4. The number of aromatic nitrogens is 2. The fraction of sp³-hybridized carbons (Fsp3) is 0.191. The van der Waals surface area contributed by atoms with Crippen LogP contribution in [0.1, 0.15) is 59.0 Å². The number of nitrogens with one attached hydrogen (secondary N) is 2. The molecule has 0 saturated carbocycles. The predicted molar refractivity (Wildman–Crippen MR) is 242 cm³/mol. The third-order valence-corrected chi connectivity index (χ3v) is 13.4. The molecule has 0 unspecified atom stereocenters. The Morgan fingerprint density at radius 2 is 1.25 bits per heavy atom. The van der Waals surface area contributed by atoms with Crippen molar-refractivity contribution in [2.24, 2.45) is 0 Å². The average molecular weight is 907 g/mol. The number of carbonyl (C=O) groups is 2. The van der Waals surface area contributed by atoms with Crippen LogP contribution in [0.25, 0.3) is 11.0 Å². The summed E-state index contributed by atoms with van der Waals surface area (Å²) in [6, 6.07) is 40.5. The van der Waals surface area contributed by atoms with Gasteiger partial charge in [0.05, 0.1) is 47.6 Å². The molecule has 332 valence electrons. The molecule has 7 rings (SSSR count). The zero-order valence-corrected chi connectivity index (χ0v) is 36.8. The highest BCUT2D eigenvalue weighted by Gasteiger charge is 2.30. The van der Waals surface area contributed by atoms with Crippen molar-refractivity contribution in [3.8, 4) is 0 Å². The van der Waals surface area contributed by atoms with Gasteiger partial charge in [-0.3, -0.25) is 18.2 Å². The highest BCUT2D eigenvalue weighted by atomic mass is 32.2. The monoisotopic (exact) mass is 906 g/mol. The Morgan fingerprint density at radius 1 is 0.672 bits per heavy atom. The molecular weight excluding hydrogens is 860 g/mol. The molecule has 1 atom stereocenters. The molecule has 3 N–H and O–H groups in total. The van der Waals surface area contributed by atoms with Gasteiger partial charge in [-0.05, 0) is 102 Å². The van der Waals surface area contributed by atoms with Crippen LogP contribution in [0.5, 0.6) is 0 Å². The van der Waals surface area contributed by atoms with Crippen molar-refractivity contribution < 1.29 is 40.6 Å².